The Bertz CT molecular complexity index is 558. The second kappa shape index (κ2) is 8.58. The highest BCUT2D eigenvalue weighted by atomic mass is 16.6. The Balaban J connectivity index is 1.80. The fourth-order valence-electron chi connectivity index (χ4n) is 3.01. The van der Waals surface area contributed by atoms with Crippen LogP contribution in [-0.4, -0.2) is 54.5 Å². The number of alkyl carbamates (subject to hydrolysis) is 1. The highest BCUT2D eigenvalue weighted by Gasteiger charge is 2.37. The summed E-state index contributed by atoms with van der Waals surface area (Å²) < 4.78 is 10.8. The van der Waals surface area contributed by atoms with E-state index in [0.29, 0.717) is 39.1 Å². The summed E-state index contributed by atoms with van der Waals surface area (Å²) in [4.78, 5) is 26.0. The first-order chi connectivity index (χ1) is 12.2. The zero-order valence-corrected chi connectivity index (χ0v) is 16.0. The Morgan fingerprint density at radius 3 is 2.50 bits per heavy atom. The molecule has 2 aliphatic rings. The van der Waals surface area contributed by atoms with Gasteiger partial charge in [0.1, 0.15) is 5.60 Å². The number of nitrogens with two attached hydrogens (primary N) is 1. The molecule has 26 heavy (non-hydrogen) atoms. The molecule has 3 N–H and O–H groups in total. The Hall–Kier alpha value is -2.02. The molecule has 0 saturated carbocycles. The lowest BCUT2D eigenvalue weighted by Gasteiger charge is -2.41. The van der Waals surface area contributed by atoms with Crippen LogP contribution in [0.2, 0.25) is 0 Å². The molecule has 7 heteroatoms. The highest BCUT2D eigenvalue weighted by Crippen LogP contribution is 2.23. The predicted octanol–water partition coefficient (Wildman–Crippen LogP) is 2.57. The molecule has 0 aromatic carbocycles. The van der Waals surface area contributed by atoms with Crippen molar-refractivity contribution in [3.05, 3.63) is 24.3 Å². The molecule has 1 saturated heterocycles. The smallest absolute Gasteiger partial charge is 0.410 e. The molecule has 0 aromatic rings. The van der Waals surface area contributed by atoms with E-state index in [9.17, 15) is 9.59 Å². The molecule has 0 bridgehead atoms. The standard InChI is InChI=1S/C19H31N3O4/c1-18(2,3)26-17(24)22-11-9-19(14-20,10-12-22)21-16(23)25-13-15-7-5-4-6-8-15/h4-7,15H,8-14,20H2,1-3H3,(H,21,23). The molecule has 0 aromatic heterocycles. The normalized spacial score (nSPS) is 22.0. The first kappa shape index (κ1) is 20.3. The van der Waals surface area contributed by atoms with Crippen LogP contribution in [0.1, 0.15) is 40.0 Å². The van der Waals surface area contributed by atoms with E-state index in [0.717, 1.165) is 6.42 Å². The number of nitrogens with one attached hydrogen (secondary N) is 1. The molecule has 0 radical (unpaired) electrons. The molecule has 1 aliphatic carbocycles. The van der Waals surface area contributed by atoms with E-state index < -0.39 is 17.2 Å². The summed E-state index contributed by atoms with van der Waals surface area (Å²) in [5, 5.41) is 2.92. The zero-order chi connectivity index (χ0) is 19.2. The van der Waals surface area contributed by atoms with Crippen molar-refractivity contribution in [2.24, 2.45) is 11.7 Å². The maximum absolute atomic E-state index is 12.2. The lowest BCUT2D eigenvalue weighted by Crippen LogP contribution is -2.60. The van der Waals surface area contributed by atoms with Gasteiger partial charge in [-0.1, -0.05) is 24.3 Å². The molecular formula is C19H31N3O4. The van der Waals surface area contributed by atoms with Gasteiger partial charge in [-0.2, -0.15) is 0 Å². The van der Waals surface area contributed by atoms with Gasteiger partial charge in [0.25, 0.3) is 0 Å². The van der Waals surface area contributed by atoms with E-state index in [1.165, 1.54) is 0 Å². The maximum Gasteiger partial charge on any atom is 0.410 e. The van der Waals surface area contributed by atoms with Gasteiger partial charge in [0, 0.05) is 25.6 Å². The summed E-state index contributed by atoms with van der Waals surface area (Å²) in [5.74, 6) is 0.216. The fraction of sp³-hybridized carbons (Fsp3) is 0.684. The topological polar surface area (TPSA) is 93.9 Å². The number of amides is 2. The van der Waals surface area contributed by atoms with E-state index in [-0.39, 0.29) is 12.0 Å². The maximum atomic E-state index is 12.2. The molecular weight excluding hydrogens is 334 g/mol. The largest absolute Gasteiger partial charge is 0.449 e. The molecule has 7 nitrogen and oxygen atoms in total. The molecule has 1 heterocycles. The van der Waals surface area contributed by atoms with Crippen molar-refractivity contribution in [2.75, 3.05) is 26.2 Å². The molecule has 1 fully saturated rings. The summed E-state index contributed by atoms with van der Waals surface area (Å²) in [6, 6.07) is 0. The molecule has 146 valence electrons. The first-order valence-corrected chi connectivity index (χ1v) is 9.19. The van der Waals surface area contributed by atoms with Gasteiger partial charge < -0.3 is 25.4 Å². The minimum Gasteiger partial charge on any atom is -0.449 e. The number of nitrogens with zero attached hydrogens (tertiary/aromatic N) is 1. The Morgan fingerprint density at radius 2 is 1.96 bits per heavy atom. The van der Waals surface area contributed by atoms with Crippen molar-refractivity contribution in [1.82, 2.24) is 10.2 Å². The Kier molecular flexibility index (Phi) is 6.69. The number of carbonyl (C=O) groups excluding carboxylic acids is 2. The van der Waals surface area contributed by atoms with Crippen LogP contribution in [0.3, 0.4) is 0 Å². The Morgan fingerprint density at radius 1 is 1.27 bits per heavy atom. The van der Waals surface area contributed by atoms with Gasteiger partial charge in [0.15, 0.2) is 0 Å². The monoisotopic (exact) mass is 365 g/mol. The van der Waals surface area contributed by atoms with Crippen LogP contribution in [0, 0.1) is 5.92 Å². The summed E-state index contributed by atoms with van der Waals surface area (Å²) >= 11 is 0. The van der Waals surface area contributed by atoms with Crippen molar-refractivity contribution in [3.63, 3.8) is 0 Å². The van der Waals surface area contributed by atoms with E-state index in [1.807, 2.05) is 39.0 Å². The van der Waals surface area contributed by atoms with Gasteiger partial charge in [-0.15, -0.1) is 0 Å². The predicted molar refractivity (Wildman–Crippen MR) is 99.7 cm³/mol. The SMILES string of the molecule is CC(C)(C)OC(=O)N1CCC(CN)(NC(=O)OCC2C=CC=CC2)CC1. The van der Waals surface area contributed by atoms with Crippen LogP contribution in [0.15, 0.2) is 24.3 Å². The van der Waals surface area contributed by atoms with Crippen molar-refractivity contribution >= 4 is 12.2 Å². The molecule has 1 unspecified atom stereocenters. The number of hydrogen-bond acceptors (Lipinski definition) is 5. The van der Waals surface area contributed by atoms with Crippen LogP contribution < -0.4 is 11.1 Å². The number of ether oxygens (including phenoxy) is 2. The number of likely N-dealkylation sites (tertiary alicyclic amines) is 1. The number of hydrogen-bond donors (Lipinski definition) is 2. The van der Waals surface area contributed by atoms with Gasteiger partial charge in [-0.3, -0.25) is 0 Å². The van der Waals surface area contributed by atoms with E-state index >= 15 is 0 Å². The van der Waals surface area contributed by atoms with Gasteiger partial charge in [-0.25, -0.2) is 9.59 Å². The zero-order valence-electron chi connectivity index (χ0n) is 16.0. The number of rotatable bonds is 4. The Labute approximate surface area is 155 Å². The van der Waals surface area contributed by atoms with E-state index in [4.69, 9.17) is 15.2 Å². The van der Waals surface area contributed by atoms with Crippen molar-refractivity contribution in [1.29, 1.82) is 0 Å². The third-order valence-corrected chi connectivity index (χ3v) is 4.63. The summed E-state index contributed by atoms with van der Waals surface area (Å²) in [5.41, 5.74) is 4.86. The van der Waals surface area contributed by atoms with Crippen LogP contribution in [0.25, 0.3) is 0 Å². The third-order valence-electron chi connectivity index (χ3n) is 4.63. The van der Waals surface area contributed by atoms with Crippen molar-refractivity contribution in [2.45, 2.75) is 51.2 Å². The summed E-state index contributed by atoms with van der Waals surface area (Å²) in [6.45, 7) is 7.15. The van der Waals surface area contributed by atoms with Gasteiger partial charge in [-0.05, 0) is 40.0 Å². The number of carbonyl (C=O) groups is 2. The lowest BCUT2D eigenvalue weighted by atomic mass is 9.88. The summed E-state index contributed by atoms with van der Waals surface area (Å²) in [6.07, 6.45) is 9.27. The van der Waals surface area contributed by atoms with Gasteiger partial charge in [0.2, 0.25) is 0 Å². The second-order valence-electron chi connectivity index (χ2n) is 7.98. The summed E-state index contributed by atoms with van der Waals surface area (Å²) in [7, 11) is 0. The number of piperidine rings is 1. The average Bonchev–Trinajstić information content (AvgIpc) is 2.60. The number of allylic oxidation sites excluding steroid dienone is 3. The molecule has 2 amide bonds. The van der Waals surface area contributed by atoms with Crippen LogP contribution >= 0.6 is 0 Å². The first-order valence-electron chi connectivity index (χ1n) is 9.19. The van der Waals surface area contributed by atoms with Crippen molar-refractivity contribution < 1.29 is 19.1 Å². The van der Waals surface area contributed by atoms with Crippen molar-refractivity contribution in [3.8, 4) is 0 Å². The lowest BCUT2D eigenvalue weighted by molar-refractivity contribution is 0.0150. The third kappa shape index (κ3) is 6.05. The fourth-order valence-corrected chi connectivity index (χ4v) is 3.01. The molecule has 1 atom stereocenters. The van der Waals surface area contributed by atoms with Gasteiger partial charge >= 0.3 is 12.2 Å². The minimum atomic E-state index is -0.544. The highest BCUT2D eigenvalue weighted by molar-refractivity contribution is 5.69. The minimum absolute atomic E-state index is 0.216. The van der Waals surface area contributed by atoms with Crippen LogP contribution in [-0.2, 0) is 9.47 Å². The molecule has 1 aliphatic heterocycles. The van der Waals surface area contributed by atoms with E-state index in [2.05, 4.69) is 11.4 Å². The van der Waals surface area contributed by atoms with Crippen LogP contribution in [0.5, 0.6) is 0 Å². The van der Waals surface area contributed by atoms with Crippen LogP contribution in [0.4, 0.5) is 9.59 Å². The molecule has 0 spiro atoms. The average molecular weight is 365 g/mol. The second-order valence-corrected chi connectivity index (χ2v) is 7.98. The molecule has 2 rings (SSSR count). The quantitative estimate of drug-likeness (QED) is 0.798. The van der Waals surface area contributed by atoms with Gasteiger partial charge in [0.05, 0.1) is 12.1 Å². The van der Waals surface area contributed by atoms with E-state index in [1.54, 1.807) is 4.90 Å².